The van der Waals surface area contributed by atoms with Gasteiger partial charge in [-0.25, -0.2) is 0 Å². The van der Waals surface area contributed by atoms with Gasteiger partial charge >= 0.3 is 0 Å². The largest absolute Gasteiger partial charge is 0.497 e. The van der Waals surface area contributed by atoms with Crippen LogP contribution < -0.4 is 4.74 Å². The van der Waals surface area contributed by atoms with Crippen LogP contribution >= 0.6 is 11.5 Å². The van der Waals surface area contributed by atoms with Crippen molar-refractivity contribution in [2.45, 2.75) is 13.0 Å². The molecule has 5 heteroatoms. The van der Waals surface area contributed by atoms with Gasteiger partial charge in [0.05, 0.1) is 12.8 Å². The van der Waals surface area contributed by atoms with Gasteiger partial charge < -0.3 is 4.74 Å². The third-order valence-electron chi connectivity index (χ3n) is 3.52. The minimum atomic E-state index is 0.887. The molecule has 20 heavy (non-hydrogen) atoms. The van der Waals surface area contributed by atoms with Crippen molar-refractivity contribution in [2.75, 3.05) is 20.2 Å². The van der Waals surface area contributed by atoms with Crippen LogP contribution in [0, 0.1) is 0 Å². The smallest absolute Gasteiger partial charge is 0.119 e. The van der Waals surface area contributed by atoms with Crippen molar-refractivity contribution in [1.29, 1.82) is 0 Å². The van der Waals surface area contributed by atoms with Gasteiger partial charge in [-0.1, -0.05) is 22.7 Å². The monoisotopic (exact) mass is 287 g/mol. The summed E-state index contributed by atoms with van der Waals surface area (Å²) in [5.41, 5.74) is 3.73. The maximum Gasteiger partial charge on any atom is 0.119 e. The normalized spacial score (nSPS) is 15.9. The number of hydrogen-bond acceptors (Lipinski definition) is 5. The van der Waals surface area contributed by atoms with Crippen molar-refractivity contribution in [3.63, 3.8) is 0 Å². The SMILES string of the molecule is COc1cccc(C2=CCN(Cc3csnn3)CC2)c1. The van der Waals surface area contributed by atoms with E-state index >= 15 is 0 Å². The molecule has 1 aliphatic rings. The van der Waals surface area contributed by atoms with Crippen LogP contribution in [-0.4, -0.2) is 34.7 Å². The zero-order chi connectivity index (χ0) is 13.8. The Morgan fingerprint density at radius 1 is 1.40 bits per heavy atom. The van der Waals surface area contributed by atoms with Crippen molar-refractivity contribution in [3.05, 3.63) is 47.0 Å². The summed E-state index contributed by atoms with van der Waals surface area (Å²) in [4.78, 5) is 2.39. The molecular formula is C15H17N3OS. The van der Waals surface area contributed by atoms with E-state index in [0.717, 1.165) is 37.5 Å². The van der Waals surface area contributed by atoms with Crippen molar-refractivity contribution >= 4 is 17.1 Å². The predicted octanol–water partition coefficient (Wildman–Crippen LogP) is 2.84. The van der Waals surface area contributed by atoms with E-state index in [2.05, 4.69) is 32.7 Å². The fourth-order valence-corrected chi connectivity index (χ4v) is 2.86. The van der Waals surface area contributed by atoms with Crippen LogP contribution in [0.25, 0.3) is 5.57 Å². The average molecular weight is 287 g/mol. The van der Waals surface area contributed by atoms with Crippen LogP contribution in [0.2, 0.25) is 0 Å². The van der Waals surface area contributed by atoms with E-state index in [4.69, 9.17) is 4.74 Å². The molecule has 0 radical (unpaired) electrons. The van der Waals surface area contributed by atoms with Gasteiger partial charge in [0.1, 0.15) is 5.75 Å². The van der Waals surface area contributed by atoms with Crippen LogP contribution in [0.3, 0.4) is 0 Å². The van der Waals surface area contributed by atoms with Crippen molar-refractivity contribution in [1.82, 2.24) is 14.5 Å². The lowest BCUT2D eigenvalue weighted by atomic mass is 9.99. The van der Waals surface area contributed by atoms with E-state index in [1.54, 1.807) is 7.11 Å². The Morgan fingerprint density at radius 2 is 2.35 bits per heavy atom. The van der Waals surface area contributed by atoms with Crippen molar-refractivity contribution < 1.29 is 4.74 Å². The first-order valence-electron chi connectivity index (χ1n) is 6.67. The minimum Gasteiger partial charge on any atom is -0.497 e. The number of methoxy groups -OCH3 is 1. The zero-order valence-electron chi connectivity index (χ0n) is 11.5. The molecule has 1 aromatic carbocycles. The highest BCUT2D eigenvalue weighted by molar-refractivity contribution is 7.03. The van der Waals surface area contributed by atoms with Gasteiger partial charge in [0.15, 0.2) is 0 Å². The summed E-state index contributed by atoms with van der Waals surface area (Å²) in [5.74, 6) is 0.916. The molecule has 0 saturated carbocycles. The molecule has 1 aromatic heterocycles. The number of hydrogen-bond donors (Lipinski definition) is 0. The quantitative estimate of drug-likeness (QED) is 0.866. The lowest BCUT2D eigenvalue weighted by Crippen LogP contribution is -2.28. The van der Waals surface area contributed by atoms with Gasteiger partial charge in [-0.05, 0) is 41.2 Å². The van der Waals surface area contributed by atoms with Crippen LogP contribution in [0.4, 0.5) is 0 Å². The maximum absolute atomic E-state index is 5.29. The number of aromatic nitrogens is 2. The number of nitrogens with zero attached hydrogens (tertiary/aromatic N) is 3. The second-order valence-corrected chi connectivity index (χ2v) is 5.45. The zero-order valence-corrected chi connectivity index (χ0v) is 12.3. The molecule has 0 spiro atoms. The van der Waals surface area contributed by atoms with Gasteiger partial charge in [0.2, 0.25) is 0 Å². The summed E-state index contributed by atoms with van der Waals surface area (Å²) >= 11 is 1.41. The van der Waals surface area contributed by atoms with Crippen LogP contribution in [-0.2, 0) is 6.54 Å². The standard InChI is InChI=1S/C15H17N3OS/c1-19-15-4-2-3-13(9-15)12-5-7-18(8-6-12)10-14-11-20-17-16-14/h2-5,9,11H,6-8,10H2,1H3. The van der Waals surface area contributed by atoms with Crippen LogP contribution in [0.15, 0.2) is 35.7 Å². The summed E-state index contributed by atoms with van der Waals surface area (Å²) in [5, 5.41) is 6.12. The number of ether oxygens (including phenoxy) is 1. The summed E-state index contributed by atoms with van der Waals surface area (Å²) in [6.45, 7) is 2.91. The molecule has 3 rings (SSSR count). The van der Waals surface area contributed by atoms with Gasteiger partial charge in [-0.15, -0.1) is 5.10 Å². The van der Waals surface area contributed by atoms with E-state index < -0.39 is 0 Å². The molecule has 0 aliphatic carbocycles. The van der Waals surface area contributed by atoms with Crippen molar-refractivity contribution in [3.8, 4) is 5.75 Å². The van der Waals surface area contributed by atoms with Crippen LogP contribution in [0.1, 0.15) is 17.7 Å². The van der Waals surface area contributed by atoms with Crippen LogP contribution in [0.5, 0.6) is 5.75 Å². The lowest BCUT2D eigenvalue weighted by Gasteiger charge is -2.25. The molecule has 0 unspecified atom stereocenters. The second kappa shape index (κ2) is 6.15. The molecule has 4 nitrogen and oxygen atoms in total. The molecule has 0 saturated heterocycles. The Kier molecular flexibility index (Phi) is 4.08. The molecule has 0 fully saturated rings. The topological polar surface area (TPSA) is 38.2 Å². The van der Waals surface area contributed by atoms with E-state index in [9.17, 15) is 0 Å². The van der Waals surface area contributed by atoms with E-state index in [1.165, 1.54) is 22.7 Å². The Hall–Kier alpha value is -1.72. The predicted molar refractivity (Wildman–Crippen MR) is 80.8 cm³/mol. The van der Waals surface area contributed by atoms with Gasteiger partial charge in [-0.3, -0.25) is 4.90 Å². The summed E-state index contributed by atoms with van der Waals surface area (Å²) in [6.07, 6.45) is 3.36. The highest BCUT2D eigenvalue weighted by Gasteiger charge is 2.14. The maximum atomic E-state index is 5.29. The Bertz CT molecular complexity index is 595. The van der Waals surface area contributed by atoms with Gasteiger partial charge in [0.25, 0.3) is 0 Å². The molecule has 0 N–H and O–H groups in total. The average Bonchev–Trinajstić information content (AvgIpc) is 3.01. The van der Waals surface area contributed by atoms with Gasteiger partial charge in [-0.2, -0.15) is 0 Å². The highest BCUT2D eigenvalue weighted by atomic mass is 32.1. The second-order valence-electron chi connectivity index (χ2n) is 4.84. The molecular weight excluding hydrogens is 270 g/mol. The minimum absolute atomic E-state index is 0.887. The molecule has 1 aliphatic heterocycles. The number of benzene rings is 1. The lowest BCUT2D eigenvalue weighted by molar-refractivity contribution is 0.290. The first kappa shape index (κ1) is 13.3. The molecule has 0 atom stereocenters. The van der Waals surface area contributed by atoms with E-state index in [0.29, 0.717) is 0 Å². The molecule has 104 valence electrons. The van der Waals surface area contributed by atoms with E-state index in [-0.39, 0.29) is 0 Å². The Balaban J connectivity index is 1.67. The molecule has 2 heterocycles. The summed E-state index contributed by atoms with van der Waals surface area (Å²) in [6, 6.07) is 8.27. The third-order valence-corrected chi connectivity index (χ3v) is 4.08. The Labute approximate surface area is 122 Å². The molecule has 0 bridgehead atoms. The summed E-state index contributed by atoms with van der Waals surface area (Å²) in [7, 11) is 1.71. The Morgan fingerprint density at radius 3 is 3.05 bits per heavy atom. The fourth-order valence-electron chi connectivity index (χ4n) is 2.42. The third kappa shape index (κ3) is 3.05. The first-order chi connectivity index (χ1) is 9.85. The molecule has 0 amide bonds. The first-order valence-corrected chi connectivity index (χ1v) is 7.50. The fraction of sp³-hybridized carbons (Fsp3) is 0.333. The van der Waals surface area contributed by atoms with Crippen molar-refractivity contribution in [2.24, 2.45) is 0 Å². The van der Waals surface area contributed by atoms with E-state index in [1.807, 2.05) is 17.5 Å². The number of rotatable bonds is 4. The summed E-state index contributed by atoms with van der Waals surface area (Å²) < 4.78 is 9.19. The van der Waals surface area contributed by atoms with Gasteiger partial charge in [0, 0.05) is 25.0 Å². The highest BCUT2D eigenvalue weighted by Crippen LogP contribution is 2.25. The molecule has 2 aromatic rings.